The van der Waals surface area contributed by atoms with Crippen molar-refractivity contribution in [2.45, 2.75) is 26.8 Å². The average molecular weight is 225 g/mol. The van der Waals surface area contributed by atoms with Gasteiger partial charge < -0.3 is 10.6 Å². The van der Waals surface area contributed by atoms with Crippen molar-refractivity contribution in [1.29, 1.82) is 0 Å². The molecule has 1 rings (SSSR count). The molecular formula is C9H15N5O2. The van der Waals surface area contributed by atoms with E-state index in [2.05, 4.69) is 9.97 Å². The van der Waals surface area contributed by atoms with E-state index in [-0.39, 0.29) is 23.5 Å². The van der Waals surface area contributed by atoms with Crippen molar-refractivity contribution >= 4 is 17.5 Å². The number of hydrogen-bond donors (Lipinski definition) is 1. The van der Waals surface area contributed by atoms with Gasteiger partial charge in [-0.15, -0.1) is 0 Å². The van der Waals surface area contributed by atoms with Gasteiger partial charge in [0.1, 0.15) is 6.20 Å². The Morgan fingerprint density at radius 2 is 2.25 bits per heavy atom. The summed E-state index contributed by atoms with van der Waals surface area (Å²) in [4.78, 5) is 19.7. The summed E-state index contributed by atoms with van der Waals surface area (Å²) >= 11 is 0. The third-order valence-corrected chi connectivity index (χ3v) is 2.20. The molecule has 0 saturated heterocycles. The summed E-state index contributed by atoms with van der Waals surface area (Å²) in [5, 5.41) is 10.8. The molecule has 0 atom stereocenters. The van der Waals surface area contributed by atoms with E-state index in [1.54, 1.807) is 4.90 Å². The Labute approximate surface area is 93.4 Å². The van der Waals surface area contributed by atoms with E-state index in [4.69, 9.17) is 5.73 Å². The fraction of sp³-hybridized carbons (Fsp3) is 0.556. The van der Waals surface area contributed by atoms with Crippen LogP contribution in [0.15, 0.2) is 6.20 Å². The van der Waals surface area contributed by atoms with Crippen LogP contribution in [0.2, 0.25) is 0 Å². The molecule has 0 aliphatic rings. The van der Waals surface area contributed by atoms with Gasteiger partial charge >= 0.3 is 5.69 Å². The van der Waals surface area contributed by atoms with Gasteiger partial charge in [0.25, 0.3) is 0 Å². The summed E-state index contributed by atoms with van der Waals surface area (Å²) in [5.41, 5.74) is 5.33. The van der Waals surface area contributed by atoms with Crippen LogP contribution in [-0.2, 0) is 0 Å². The molecule has 0 fully saturated rings. The molecule has 0 amide bonds. The lowest BCUT2D eigenvalue weighted by atomic mass is 10.3. The highest BCUT2D eigenvalue weighted by Gasteiger charge is 2.23. The van der Waals surface area contributed by atoms with Crippen LogP contribution in [-0.4, -0.2) is 27.5 Å². The summed E-state index contributed by atoms with van der Waals surface area (Å²) < 4.78 is 0. The van der Waals surface area contributed by atoms with Crippen LogP contribution in [0.25, 0.3) is 0 Å². The highest BCUT2D eigenvalue weighted by Crippen LogP contribution is 2.26. The quantitative estimate of drug-likeness (QED) is 0.610. The van der Waals surface area contributed by atoms with Gasteiger partial charge in [0.05, 0.1) is 4.92 Å². The third kappa shape index (κ3) is 2.36. The highest BCUT2D eigenvalue weighted by molar-refractivity contribution is 5.58. The molecule has 0 aliphatic heterocycles. The lowest BCUT2D eigenvalue weighted by Gasteiger charge is -2.25. The topological polar surface area (TPSA) is 98.2 Å². The highest BCUT2D eigenvalue weighted by atomic mass is 16.6. The lowest BCUT2D eigenvalue weighted by Crippen LogP contribution is -2.32. The van der Waals surface area contributed by atoms with Crippen LogP contribution in [0, 0.1) is 10.1 Å². The summed E-state index contributed by atoms with van der Waals surface area (Å²) in [6.07, 6.45) is 1.14. The molecule has 0 aliphatic carbocycles. The summed E-state index contributed by atoms with van der Waals surface area (Å²) in [7, 11) is 0. The van der Waals surface area contributed by atoms with Crippen molar-refractivity contribution in [3.8, 4) is 0 Å². The SMILES string of the molecule is CCN(c1nc(N)ncc1[N+](=O)[O-])C(C)C. The van der Waals surface area contributed by atoms with E-state index in [9.17, 15) is 10.1 Å². The van der Waals surface area contributed by atoms with E-state index < -0.39 is 4.92 Å². The Morgan fingerprint density at radius 1 is 1.62 bits per heavy atom. The van der Waals surface area contributed by atoms with Gasteiger partial charge in [-0.25, -0.2) is 4.98 Å². The lowest BCUT2D eigenvalue weighted by molar-refractivity contribution is -0.384. The van der Waals surface area contributed by atoms with Crippen molar-refractivity contribution in [2.75, 3.05) is 17.2 Å². The predicted molar refractivity (Wildman–Crippen MR) is 61.3 cm³/mol. The van der Waals surface area contributed by atoms with Crippen LogP contribution in [0.3, 0.4) is 0 Å². The second kappa shape index (κ2) is 4.73. The molecule has 0 unspecified atom stereocenters. The number of nitro groups is 1. The van der Waals surface area contributed by atoms with Crippen LogP contribution in [0.1, 0.15) is 20.8 Å². The Kier molecular flexibility index (Phi) is 3.60. The molecule has 0 radical (unpaired) electrons. The molecule has 7 nitrogen and oxygen atoms in total. The van der Waals surface area contributed by atoms with E-state index in [1.165, 1.54) is 0 Å². The van der Waals surface area contributed by atoms with E-state index in [0.29, 0.717) is 6.54 Å². The van der Waals surface area contributed by atoms with Gasteiger partial charge in [0.15, 0.2) is 0 Å². The van der Waals surface area contributed by atoms with Gasteiger partial charge in [-0.3, -0.25) is 10.1 Å². The van der Waals surface area contributed by atoms with E-state index in [1.807, 2.05) is 20.8 Å². The Morgan fingerprint density at radius 3 is 2.69 bits per heavy atom. The van der Waals surface area contributed by atoms with Gasteiger partial charge in [0.2, 0.25) is 11.8 Å². The number of hydrogen-bond acceptors (Lipinski definition) is 6. The Balaban J connectivity index is 3.27. The minimum Gasteiger partial charge on any atom is -0.368 e. The first-order chi connectivity index (χ1) is 7.47. The average Bonchev–Trinajstić information content (AvgIpc) is 2.17. The molecule has 1 aromatic rings. The monoisotopic (exact) mass is 225 g/mol. The smallest absolute Gasteiger partial charge is 0.329 e. The van der Waals surface area contributed by atoms with Crippen LogP contribution in [0.4, 0.5) is 17.5 Å². The predicted octanol–water partition coefficient (Wildman–Crippen LogP) is 1.20. The molecule has 1 aromatic heterocycles. The fourth-order valence-electron chi connectivity index (χ4n) is 1.48. The maximum Gasteiger partial charge on any atom is 0.329 e. The van der Waals surface area contributed by atoms with Crippen LogP contribution < -0.4 is 10.6 Å². The van der Waals surface area contributed by atoms with Gasteiger partial charge in [0, 0.05) is 12.6 Å². The number of aromatic nitrogens is 2. The van der Waals surface area contributed by atoms with Crippen molar-refractivity contribution in [1.82, 2.24) is 9.97 Å². The largest absolute Gasteiger partial charge is 0.368 e. The molecule has 0 aromatic carbocycles. The maximum absolute atomic E-state index is 10.8. The molecule has 0 spiro atoms. The van der Waals surface area contributed by atoms with Crippen molar-refractivity contribution in [3.05, 3.63) is 16.3 Å². The molecule has 2 N–H and O–H groups in total. The summed E-state index contributed by atoms with van der Waals surface area (Å²) in [6.45, 7) is 6.40. The molecule has 16 heavy (non-hydrogen) atoms. The zero-order chi connectivity index (χ0) is 12.3. The number of anilines is 2. The summed E-state index contributed by atoms with van der Waals surface area (Å²) in [5.74, 6) is 0.315. The molecule has 7 heteroatoms. The molecule has 88 valence electrons. The molecular weight excluding hydrogens is 210 g/mol. The normalized spacial score (nSPS) is 10.5. The minimum absolute atomic E-state index is 0.0414. The molecule has 1 heterocycles. The van der Waals surface area contributed by atoms with Crippen molar-refractivity contribution in [2.24, 2.45) is 0 Å². The standard InChI is InChI=1S/C9H15N5O2/c1-4-13(6(2)3)8-7(14(15)16)5-11-9(10)12-8/h5-6H,4H2,1-3H3,(H2,10,11,12). The van der Waals surface area contributed by atoms with Crippen molar-refractivity contribution in [3.63, 3.8) is 0 Å². The maximum atomic E-state index is 10.8. The number of nitrogens with two attached hydrogens (primary N) is 1. The Bertz CT molecular complexity index is 393. The minimum atomic E-state index is -0.500. The number of nitrogen functional groups attached to an aromatic ring is 1. The van der Waals surface area contributed by atoms with E-state index in [0.717, 1.165) is 6.20 Å². The van der Waals surface area contributed by atoms with Gasteiger partial charge in [-0.05, 0) is 20.8 Å². The third-order valence-electron chi connectivity index (χ3n) is 2.20. The number of nitrogens with zero attached hydrogens (tertiary/aromatic N) is 4. The van der Waals surface area contributed by atoms with Crippen LogP contribution in [0.5, 0.6) is 0 Å². The van der Waals surface area contributed by atoms with Crippen LogP contribution >= 0.6 is 0 Å². The zero-order valence-electron chi connectivity index (χ0n) is 9.54. The zero-order valence-corrected chi connectivity index (χ0v) is 9.54. The first kappa shape index (κ1) is 12.2. The molecule has 0 saturated carbocycles. The van der Waals surface area contributed by atoms with Gasteiger partial charge in [-0.2, -0.15) is 4.98 Å². The molecule has 0 bridgehead atoms. The Hall–Kier alpha value is -1.92. The van der Waals surface area contributed by atoms with Crippen molar-refractivity contribution < 1.29 is 4.92 Å². The second-order valence-electron chi connectivity index (χ2n) is 3.57. The first-order valence-corrected chi connectivity index (χ1v) is 5.00. The van der Waals surface area contributed by atoms with Gasteiger partial charge in [-0.1, -0.05) is 0 Å². The number of rotatable bonds is 4. The summed E-state index contributed by atoms with van der Waals surface area (Å²) in [6, 6.07) is 0.109. The fourth-order valence-corrected chi connectivity index (χ4v) is 1.48. The second-order valence-corrected chi connectivity index (χ2v) is 3.57. The van der Waals surface area contributed by atoms with E-state index >= 15 is 0 Å². The first-order valence-electron chi connectivity index (χ1n) is 5.00.